The summed E-state index contributed by atoms with van der Waals surface area (Å²) in [4.78, 5) is 24.1. The largest absolute Gasteiger partial charge is 0.466 e. The molecule has 0 aliphatic heterocycles. The zero-order valence-corrected chi connectivity index (χ0v) is 10.1. The minimum absolute atomic E-state index is 0.111. The Morgan fingerprint density at radius 1 is 1.31 bits per heavy atom. The van der Waals surface area contributed by atoms with E-state index in [-0.39, 0.29) is 12.0 Å². The Morgan fingerprint density at radius 2 is 1.94 bits per heavy atom. The second kappa shape index (κ2) is 7.87. The average molecular weight is 229 g/mol. The first-order chi connectivity index (χ1) is 7.47. The van der Waals surface area contributed by atoms with Crippen molar-refractivity contribution in [1.82, 2.24) is 4.90 Å². The summed E-state index contributed by atoms with van der Waals surface area (Å²) in [5, 5.41) is 0. The van der Waals surface area contributed by atoms with Crippen LogP contribution in [0.3, 0.4) is 0 Å². The first-order valence-corrected chi connectivity index (χ1v) is 5.03. The van der Waals surface area contributed by atoms with Gasteiger partial charge in [0.25, 0.3) is 0 Å². The van der Waals surface area contributed by atoms with Crippen LogP contribution in [0.5, 0.6) is 0 Å². The third-order valence-electron chi connectivity index (χ3n) is 1.84. The lowest BCUT2D eigenvalue weighted by Crippen LogP contribution is -2.17. The highest BCUT2D eigenvalue weighted by molar-refractivity contribution is 5.93. The lowest BCUT2D eigenvalue weighted by atomic mass is 10.2. The fourth-order valence-corrected chi connectivity index (χ4v) is 1.01. The first-order valence-electron chi connectivity index (χ1n) is 5.03. The Morgan fingerprint density at radius 3 is 2.44 bits per heavy atom. The predicted octanol–water partition coefficient (Wildman–Crippen LogP) is 0.601. The number of esters is 2. The predicted molar refractivity (Wildman–Crippen MR) is 59.9 cm³/mol. The summed E-state index contributed by atoms with van der Waals surface area (Å²) >= 11 is 0. The average Bonchev–Trinajstić information content (AvgIpc) is 2.22. The number of ether oxygens (including phenoxy) is 2. The highest BCUT2D eigenvalue weighted by atomic mass is 16.5. The lowest BCUT2D eigenvalue weighted by molar-refractivity contribution is -0.145. The van der Waals surface area contributed by atoms with Crippen molar-refractivity contribution in [3.8, 4) is 0 Å². The molecule has 0 saturated heterocycles. The number of carbonyl (C=O) groups excluding carboxylic acids is 2. The maximum absolute atomic E-state index is 11.2. The Balaban J connectivity index is 3.67. The lowest BCUT2D eigenvalue weighted by Gasteiger charge is -2.09. The molecule has 0 bridgehead atoms. The van der Waals surface area contributed by atoms with E-state index in [1.165, 1.54) is 7.11 Å². The van der Waals surface area contributed by atoms with Gasteiger partial charge in [0.2, 0.25) is 0 Å². The Hall–Kier alpha value is -1.36. The molecule has 5 heteroatoms. The summed E-state index contributed by atoms with van der Waals surface area (Å²) in [5.41, 5.74) is 0.111. The molecule has 0 aromatic heterocycles. The van der Waals surface area contributed by atoms with Gasteiger partial charge in [0, 0.05) is 12.1 Å². The third-order valence-corrected chi connectivity index (χ3v) is 1.84. The highest BCUT2D eigenvalue weighted by Gasteiger charge is 2.12. The van der Waals surface area contributed by atoms with Gasteiger partial charge < -0.3 is 14.4 Å². The monoisotopic (exact) mass is 229 g/mol. The van der Waals surface area contributed by atoms with Crippen molar-refractivity contribution in [2.75, 3.05) is 34.4 Å². The summed E-state index contributed by atoms with van der Waals surface area (Å²) in [7, 11) is 5.14. The molecule has 0 fully saturated rings. The number of rotatable bonds is 7. The van der Waals surface area contributed by atoms with Crippen LogP contribution < -0.4 is 0 Å². The molecule has 0 rings (SSSR count). The van der Waals surface area contributed by atoms with Gasteiger partial charge in [-0.3, -0.25) is 4.79 Å². The minimum Gasteiger partial charge on any atom is -0.466 e. The molecular weight excluding hydrogens is 210 g/mol. The van der Waals surface area contributed by atoms with Crippen molar-refractivity contribution in [3.63, 3.8) is 0 Å². The second-order valence-corrected chi connectivity index (χ2v) is 3.65. The van der Waals surface area contributed by atoms with Crippen molar-refractivity contribution < 1.29 is 19.1 Å². The molecule has 0 N–H and O–H groups in total. The second-order valence-electron chi connectivity index (χ2n) is 3.65. The van der Waals surface area contributed by atoms with E-state index in [2.05, 4.69) is 11.3 Å². The van der Waals surface area contributed by atoms with Crippen molar-refractivity contribution >= 4 is 11.9 Å². The highest BCUT2D eigenvalue weighted by Crippen LogP contribution is 2.02. The van der Waals surface area contributed by atoms with Gasteiger partial charge >= 0.3 is 11.9 Å². The van der Waals surface area contributed by atoms with Gasteiger partial charge in [0.1, 0.15) is 0 Å². The smallest absolute Gasteiger partial charge is 0.333 e. The summed E-state index contributed by atoms with van der Waals surface area (Å²) in [6, 6.07) is 0. The summed E-state index contributed by atoms with van der Waals surface area (Å²) in [5.74, 6) is -1.03. The summed E-state index contributed by atoms with van der Waals surface area (Å²) in [6.45, 7) is 4.64. The van der Waals surface area contributed by atoms with E-state index in [0.29, 0.717) is 6.61 Å². The SMILES string of the molecule is C=C(CC(=O)OCCCN(C)C)C(=O)OC. The number of carbonyl (C=O) groups is 2. The van der Waals surface area contributed by atoms with Crippen LogP contribution in [0.15, 0.2) is 12.2 Å². The molecule has 0 aromatic carbocycles. The van der Waals surface area contributed by atoms with E-state index in [0.717, 1.165) is 13.0 Å². The molecule has 0 atom stereocenters. The third kappa shape index (κ3) is 7.00. The van der Waals surface area contributed by atoms with Crippen LogP contribution in [0, 0.1) is 0 Å². The fraction of sp³-hybridized carbons (Fsp3) is 0.636. The van der Waals surface area contributed by atoms with Gasteiger partial charge in [0.05, 0.1) is 20.1 Å². The molecule has 92 valence electrons. The van der Waals surface area contributed by atoms with Crippen LogP contribution in [0.1, 0.15) is 12.8 Å². The van der Waals surface area contributed by atoms with Crippen molar-refractivity contribution in [2.24, 2.45) is 0 Å². The van der Waals surface area contributed by atoms with Gasteiger partial charge in [-0.2, -0.15) is 0 Å². The number of hydrogen-bond donors (Lipinski definition) is 0. The normalized spacial score (nSPS) is 10.0. The molecule has 0 aromatic rings. The van der Waals surface area contributed by atoms with E-state index in [9.17, 15) is 9.59 Å². The summed E-state index contributed by atoms with van der Waals surface area (Å²) < 4.78 is 9.34. The van der Waals surface area contributed by atoms with Gasteiger partial charge in [-0.25, -0.2) is 4.79 Å². The van der Waals surface area contributed by atoms with Crippen LogP contribution in [-0.4, -0.2) is 51.2 Å². The van der Waals surface area contributed by atoms with E-state index in [4.69, 9.17) is 4.74 Å². The zero-order chi connectivity index (χ0) is 12.6. The molecule has 0 amide bonds. The van der Waals surface area contributed by atoms with Gasteiger partial charge in [-0.05, 0) is 20.5 Å². The van der Waals surface area contributed by atoms with E-state index >= 15 is 0 Å². The van der Waals surface area contributed by atoms with E-state index < -0.39 is 11.9 Å². The Labute approximate surface area is 96.0 Å². The number of methoxy groups -OCH3 is 1. The van der Waals surface area contributed by atoms with Crippen molar-refractivity contribution in [2.45, 2.75) is 12.8 Å². The van der Waals surface area contributed by atoms with Crippen molar-refractivity contribution in [1.29, 1.82) is 0 Å². The summed E-state index contributed by atoms with van der Waals surface area (Å²) in [6.07, 6.45) is 0.651. The van der Waals surface area contributed by atoms with Crippen LogP contribution in [0.25, 0.3) is 0 Å². The Kier molecular flexibility index (Phi) is 7.20. The van der Waals surface area contributed by atoms with Gasteiger partial charge in [-0.15, -0.1) is 0 Å². The van der Waals surface area contributed by atoms with Crippen molar-refractivity contribution in [3.05, 3.63) is 12.2 Å². The maximum atomic E-state index is 11.2. The maximum Gasteiger partial charge on any atom is 0.333 e. The van der Waals surface area contributed by atoms with Crippen LogP contribution >= 0.6 is 0 Å². The Bertz CT molecular complexity index is 261. The molecule has 0 saturated carbocycles. The van der Waals surface area contributed by atoms with Crippen LogP contribution in [0.2, 0.25) is 0 Å². The molecule has 0 unspecified atom stereocenters. The molecule has 0 aliphatic carbocycles. The first kappa shape index (κ1) is 14.6. The van der Waals surface area contributed by atoms with E-state index in [1.807, 2.05) is 19.0 Å². The van der Waals surface area contributed by atoms with E-state index in [1.54, 1.807) is 0 Å². The molecule has 5 nitrogen and oxygen atoms in total. The van der Waals surface area contributed by atoms with Crippen LogP contribution in [-0.2, 0) is 19.1 Å². The molecule has 0 radical (unpaired) electrons. The number of nitrogens with zero attached hydrogens (tertiary/aromatic N) is 1. The van der Waals surface area contributed by atoms with Gasteiger partial charge in [0.15, 0.2) is 0 Å². The quantitative estimate of drug-likeness (QED) is 0.363. The van der Waals surface area contributed by atoms with Gasteiger partial charge in [-0.1, -0.05) is 6.58 Å². The topological polar surface area (TPSA) is 55.8 Å². The number of hydrogen-bond acceptors (Lipinski definition) is 5. The minimum atomic E-state index is -0.578. The molecular formula is C11H19NO4. The van der Waals surface area contributed by atoms with Crippen LogP contribution in [0.4, 0.5) is 0 Å². The molecule has 0 spiro atoms. The molecule has 16 heavy (non-hydrogen) atoms. The fourth-order valence-electron chi connectivity index (χ4n) is 1.01. The zero-order valence-electron chi connectivity index (χ0n) is 10.1. The molecule has 0 aliphatic rings. The molecule has 0 heterocycles. The standard InChI is InChI=1S/C11H19NO4/c1-9(11(14)15-4)8-10(13)16-7-5-6-12(2)3/h1,5-8H2,2-4H3.